The Morgan fingerprint density at radius 1 is 1.14 bits per heavy atom. The van der Waals surface area contributed by atoms with Crippen LogP contribution in [0, 0.1) is 0 Å². The van der Waals surface area contributed by atoms with E-state index in [4.69, 9.17) is 25.5 Å². The molecule has 0 aromatic heterocycles. The van der Waals surface area contributed by atoms with Crippen molar-refractivity contribution in [3.05, 3.63) is 29.8 Å². The van der Waals surface area contributed by atoms with E-state index in [1.165, 1.54) is 12.0 Å². The average molecular weight is 567 g/mol. The number of methoxy groups -OCH3 is 1. The van der Waals surface area contributed by atoms with Crippen LogP contribution in [0.3, 0.4) is 0 Å². The minimum Gasteiger partial charge on any atom is -0.497 e. The van der Waals surface area contributed by atoms with Gasteiger partial charge in [0.05, 0.1) is 31.7 Å². The van der Waals surface area contributed by atoms with Gasteiger partial charge in [-0.15, -0.1) is 11.6 Å². The fourth-order valence-corrected chi connectivity index (χ4v) is 7.64. The molecule has 0 bridgehead atoms. The predicted octanol–water partition coefficient (Wildman–Crippen LogP) is 5.81. The highest BCUT2D eigenvalue weighted by atomic mass is 35.5. The molecule has 7 nitrogen and oxygen atoms in total. The Morgan fingerprint density at radius 3 is 2.22 bits per heavy atom. The molecule has 0 saturated carbocycles. The van der Waals surface area contributed by atoms with Gasteiger partial charge in [-0.3, -0.25) is 9.69 Å². The van der Waals surface area contributed by atoms with Crippen LogP contribution >= 0.6 is 11.6 Å². The molecule has 37 heavy (non-hydrogen) atoms. The lowest BCUT2D eigenvalue weighted by Crippen LogP contribution is -2.55. The third-order valence-corrected chi connectivity index (χ3v) is 12.1. The lowest BCUT2D eigenvalue weighted by Gasteiger charge is -2.38. The Hall–Kier alpha value is -1.98. The second-order valence-electron chi connectivity index (χ2n) is 9.26. The molecule has 1 aromatic rings. The van der Waals surface area contributed by atoms with E-state index >= 15 is 0 Å². The maximum Gasteiger partial charge on any atom is 0.471 e. The summed E-state index contributed by atoms with van der Waals surface area (Å²) in [6, 6.07) is 6.80. The SMILES string of the molecule is CC[Si](CC)(CC)OC[C@H]1[C@@H](N(Cc2ccc(OC)cc2)C(=O)C(F)(F)F)CC(C)N1C(=O)OCCCl. The molecule has 0 radical (unpaired) electrons. The third-order valence-electron chi connectivity index (χ3n) is 7.28. The molecule has 0 aliphatic carbocycles. The van der Waals surface area contributed by atoms with Gasteiger partial charge in [-0.2, -0.15) is 13.2 Å². The zero-order valence-corrected chi connectivity index (χ0v) is 23.9. The molecule has 1 fully saturated rings. The van der Waals surface area contributed by atoms with Gasteiger partial charge in [-0.1, -0.05) is 32.9 Å². The Kier molecular flexibility index (Phi) is 11.6. The van der Waals surface area contributed by atoms with Gasteiger partial charge < -0.3 is 18.8 Å². The highest BCUT2D eigenvalue weighted by Gasteiger charge is 2.52. The first-order valence-electron chi connectivity index (χ1n) is 12.6. The Morgan fingerprint density at radius 2 is 1.73 bits per heavy atom. The summed E-state index contributed by atoms with van der Waals surface area (Å²) in [5.74, 6) is -1.32. The molecule has 0 spiro atoms. The number of nitrogens with zero attached hydrogens (tertiary/aromatic N) is 2. The van der Waals surface area contributed by atoms with Crippen molar-refractivity contribution in [2.75, 3.05) is 26.2 Å². The summed E-state index contributed by atoms with van der Waals surface area (Å²) in [5.41, 5.74) is 0.508. The van der Waals surface area contributed by atoms with Gasteiger partial charge in [0.2, 0.25) is 0 Å². The van der Waals surface area contributed by atoms with Crippen LogP contribution < -0.4 is 4.74 Å². The summed E-state index contributed by atoms with van der Waals surface area (Å²) in [6.45, 7) is 7.59. The van der Waals surface area contributed by atoms with Crippen LogP contribution in [0.15, 0.2) is 24.3 Å². The highest BCUT2D eigenvalue weighted by Crippen LogP contribution is 2.35. The van der Waals surface area contributed by atoms with Crippen molar-refractivity contribution >= 4 is 31.9 Å². The summed E-state index contributed by atoms with van der Waals surface area (Å²) < 4.78 is 58.3. The normalized spacial score (nSPS) is 20.1. The molecular formula is C25H38ClF3N2O5Si. The summed E-state index contributed by atoms with van der Waals surface area (Å²) in [7, 11) is -0.660. The van der Waals surface area contributed by atoms with E-state index < -0.39 is 44.6 Å². The van der Waals surface area contributed by atoms with Gasteiger partial charge in [0.15, 0.2) is 8.32 Å². The number of hydrogen-bond acceptors (Lipinski definition) is 5. The van der Waals surface area contributed by atoms with Crippen LogP contribution in [0.4, 0.5) is 18.0 Å². The third kappa shape index (κ3) is 7.76. The molecule has 210 valence electrons. The number of halogens is 4. The number of carbonyl (C=O) groups excluding carboxylic acids is 2. The second kappa shape index (κ2) is 13.7. The number of ether oxygens (including phenoxy) is 2. The minimum absolute atomic E-state index is 0.0248. The van der Waals surface area contributed by atoms with E-state index in [-0.39, 0.29) is 32.1 Å². The summed E-state index contributed by atoms with van der Waals surface area (Å²) >= 11 is 5.68. The van der Waals surface area contributed by atoms with Crippen molar-refractivity contribution < 1.29 is 36.7 Å². The standard InChI is InChI=1S/C25H38ClF3N2O5Si/c1-6-37(7-2,8-3)36-17-22-21(15-18(4)31(22)24(33)35-14-13-26)30(23(32)25(27,28)29)16-19-9-11-20(34-5)12-10-19/h9-12,18,21-22H,6-8,13-17H2,1-5H3/t18?,21-,22-/m0/s1. The highest BCUT2D eigenvalue weighted by molar-refractivity contribution is 6.73. The Labute approximate surface area is 223 Å². The molecule has 2 amide bonds. The van der Waals surface area contributed by atoms with Gasteiger partial charge in [-0.25, -0.2) is 4.79 Å². The van der Waals surface area contributed by atoms with E-state index in [9.17, 15) is 22.8 Å². The second-order valence-corrected chi connectivity index (χ2v) is 14.4. The minimum atomic E-state index is -5.08. The molecular weight excluding hydrogens is 529 g/mol. The van der Waals surface area contributed by atoms with Crippen molar-refractivity contribution in [3.8, 4) is 5.75 Å². The monoisotopic (exact) mass is 566 g/mol. The number of carbonyl (C=O) groups is 2. The average Bonchev–Trinajstić information content (AvgIpc) is 3.22. The molecule has 1 aromatic carbocycles. The van der Waals surface area contributed by atoms with Crippen LogP contribution in [-0.2, 0) is 20.5 Å². The van der Waals surface area contributed by atoms with E-state index in [1.54, 1.807) is 31.2 Å². The van der Waals surface area contributed by atoms with Gasteiger partial charge in [0.1, 0.15) is 12.4 Å². The Bertz CT molecular complexity index is 878. The molecule has 1 saturated heterocycles. The van der Waals surface area contributed by atoms with Crippen molar-refractivity contribution in [2.24, 2.45) is 0 Å². The van der Waals surface area contributed by atoms with Gasteiger partial charge >= 0.3 is 18.2 Å². The smallest absolute Gasteiger partial charge is 0.471 e. The number of amides is 2. The number of benzene rings is 1. The first-order valence-corrected chi connectivity index (χ1v) is 15.7. The molecule has 1 aliphatic rings. The van der Waals surface area contributed by atoms with E-state index in [0.717, 1.165) is 23.0 Å². The molecule has 3 atom stereocenters. The van der Waals surface area contributed by atoms with E-state index in [2.05, 4.69) is 0 Å². The van der Waals surface area contributed by atoms with E-state index in [0.29, 0.717) is 11.3 Å². The summed E-state index contributed by atoms with van der Waals surface area (Å²) in [6.07, 6.45) is -5.60. The van der Waals surface area contributed by atoms with Gasteiger partial charge in [-0.05, 0) is 49.2 Å². The molecule has 12 heteroatoms. The number of likely N-dealkylation sites (tertiary alicyclic amines) is 1. The maximum absolute atomic E-state index is 13.8. The molecule has 2 rings (SSSR count). The Balaban J connectivity index is 2.48. The first-order chi connectivity index (χ1) is 17.5. The van der Waals surface area contributed by atoms with Crippen LogP contribution in [0.25, 0.3) is 0 Å². The molecule has 0 N–H and O–H groups in total. The fourth-order valence-electron chi connectivity index (χ4n) is 4.92. The van der Waals surface area contributed by atoms with Crippen molar-refractivity contribution in [2.45, 2.75) is 83.1 Å². The summed E-state index contributed by atoms with van der Waals surface area (Å²) in [5, 5.41) is 0. The fraction of sp³-hybridized carbons (Fsp3) is 0.680. The number of hydrogen-bond donors (Lipinski definition) is 0. The largest absolute Gasteiger partial charge is 0.497 e. The topological polar surface area (TPSA) is 68.3 Å². The van der Waals surface area contributed by atoms with Gasteiger partial charge in [0.25, 0.3) is 0 Å². The zero-order chi connectivity index (χ0) is 27.8. The zero-order valence-electron chi connectivity index (χ0n) is 22.1. The quantitative estimate of drug-likeness (QED) is 0.236. The van der Waals surface area contributed by atoms with Crippen molar-refractivity contribution in [3.63, 3.8) is 0 Å². The summed E-state index contributed by atoms with van der Waals surface area (Å²) in [4.78, 5) is 28.0. The van der Waals surface area contributed by atoms with Crippen LogP contribution in [-0.4, -0.2) is 80.6 Å². The maximum atomic E-state index is 13.8. The van der Waals surface area contributed by atoms with Gasteiger partial charge in [0, 0.05) is 12.6 Å². The van der Waals surface area contributed by atoms with E-state index in [1.807, 2.05) is 20.8 Å². The molecule has 1 unspecified atom stereocenters. The van der Waals surface area contributed by atoms with Crippen LogP contribution in [0.1, 0.15) is 39.7 Å². The van der Waals surface area contributed by atoms with Crippen molar-refractivity contribution in [1.29, 1.82) is 0 Å². The lowest BCUT2D eigenvalue weighted by atomic mass is 10.0. The molecule has 1 aliphatic heterocycles. The van der Waals surface area contributed by atoms with Crippen molar-refractivity contribution in [1.82, 2.24) is 9.80 Å². The van der Waals surface area contributed by atoms with Crippen LogP contribution in [0.5, 0.6) is 5.75 Å². The first kappa shape index (κ1) is 31.2. The lowest BCUT2D eigenvalue weighted by molar-refractivity contribution is -0.189. The number of alkyl halides is 4. The predicted molar refractivity (Wildman–Crippen MR) is 138 cm³/mol. The van der Waals surface area contributed by atoms with Crippen LogP contribution in [0.2, 0.25) is 18.1 Å². The molecule has 1 heterocycles. The number of rotatable bonds is 12.